The number of rotatable bonds is 4. The van der Waals surface area contributed by atoms with Gasteiger partial charge in [-0.3, -0.25) is 0 Å². The van der Waals surface area contributed by atoms with E-state index in [4.69, 9.17) is 5.73 Å². The molecule has 6 heteroatoms. The lowest BCUT2D eigenvalue weighted by Gasteiger charge is -2.09. The average Bonchev–Trinajstić information content (AvgIpc) is 2.51. The smallest absolute Gasteiger partial charge is 0.250 e. The fourth-order valence-corrected chi connectivity index (χ4v) is 3.48. The third-order valence-electron chi connectivity index (χ3n) is 1.69. The number of aryl methyl sites for hydroxylation is 1. The first-order valence-electron chi connectivity index (χ1n) is 4.24. The maximum atomic E-state index is 11.7. The van der Waals surface area contributed by atoms with Gasteiger partial charge in [0.25, 0.3) is 0 Å². The van der Waals surface area contributed by atoms with Crippen LogP contribution in [0.2, 0.25) is 0 Å². The lowest BCUT2D eigenvalue weighted by atomic mass is 10.4. The van der Waals surface area contributed by atoms with Gasteiger partial charge in [0, 0.05) is 17.5 Å². The molecule has 0 bridgehead atoms. The van der Waals surface area contributed by atoms with E-state index >= 15 is 0 Å². The van der Waals surface area contributed by atoms with E-state index in [1.165, 1.54) is 11.3 Å². The zero-order valence-electron chi connectivity index (χ0n) is 8.15. The van der Waals surface area contributed by atoms with Gasteiger partial charge in [-0.15, -0.1) is 11.3 Å². The SMILES string of the molecule is Cc1ccc(S(=O)(=O)N[C@@H](C)CN)s1. The van der Waals surface area contributed by atoms with Gasteiger partial charge < -0.3 is 5.73 Å². The van der Waals surface area contributed by atoms with E-state index in [2.05, 4.69) is 4.72 Å². The molecule has 0 unspecified atom stereocenters. The normalized spacial score (nSPS) is 14.2. The van der Waals surface area contributed by atoms with E-state index in [-0.39, 0.29) is 6.04 Å². The summed E-state index contributed by atoms with van der Waals surface area (Å²) in [6.07, 6.45) is 0. The molecule has 1 atom stereocenters. The molecule has 0 saturated carbocycles. The van der Waals surface area contributed by atoms with Gasteiger partial charge in [-0.2, -0.15) is 0 Å². The van der Waals surface area contributed by atoms with Crippen molar-refractivity contribution in [1.82, 2.24) is 4.72 Å². The van der Waals surface area contributed by atoms with Gasteiger partial charge in [-0.05, 0) is 26.0 Å². The molecule has 0 radical (unpaired) electrons. The van der Waals surface area contributed by atoms with Crippen LogP contribution in [0.5, 0.6) is 0 Å². The van der Waals surface area contributed by atoms with Gasteiger partial charge in [0.15, 0.2) is 0 Å². The number of nitrogens with two attached hydrogens (primary N) is 1. The summed E-state index contributed by atoms with van der Waals surface area (Å²) >= 11 is 1.26. The summed E-state index contributed by atoms with van der Waals surface area (Å²) in [6, 6.07) is 3.15. The predicted molar refractivity (Wildman–Crippen MR) is 57.9 cm³/mol. The average molecular weight is 234 g/mol. The topological polar surface area (TPSA) is 72.2 Å². The highest BCUT2D eigenvalue weighted by Crippen LogP contribution is 2.20. The van der Waals surface area contributed by atoms with Crippen LogP contribution in [0, 0.1) is 6.92 Å². The van der Waals surface area contributed by atoms with Crippen LogP contribution in [0.3, 0.4) is 0 Å². The standard InChI is InChI=1S/C8H14N2O2S2/c1-6(5-9)10-14(11,12)8-4-3-7(2)13-8/h3-4,6,10H,5,9H2,1-2H3/t6-/m0/s1. The molecule has 0 aliphatic rings. The Morgan fingerprint density at radius 2 is 2.21 bits per heavy atom. The highest BCUT2D eigenvalue weighted by molar-refractivity contribution is 7.91. The highest BCUT2D eigenvalue weighted by atomic mass is 32.2. The molecule has 0 spiro atoms. The molecule has 0 saturated heterocycles. The van der Waals surface area contributed by atoms with E-state index in [0.717, 1.165) is 4.88 Å². The van der Waals surface area contributed by atoms with Gasteiger partial charge in [0.05, 0.1) is 0 Å². The predicted octanol–water partition coefficient (Wildman–Crippen LogP) is 0.682. The Hall–Kier alpha value is -0.430. The van der Waals surface area contributed by atoms with Crippen LogP contribution in [-0.2, 0) is 10.0 Å². The second kappa shape index (κ2) is 4.39. The van der Waals surface area contributed by atoms with E-state index in [1.807, 2.05) is 6.92 Å². The second-order valence-corrected chi connectivity index (χ2v) is 6.35. The number of thiophene rings is 1. The molecular weight excluding hydrogens is 220 g/mol. The van der Waals surface area contributed by atoms with Gasteiger partial charge in [0.2, 0.25) is 10.0 Å². The summed E-state index contributed by atoms with van der Waals surface area (Å²) in [7, 11) is -3.36. The van der Waals surface area contributed by atoms with Gasteiger partial charge >= 0.3 is 0 Å². The number of hydrogen-bond donors (Lipinski definition) is 2. The maximum absolute atomic E-state index is 11.7. The van der Waals surface area contributed by atoms with Gasteiger partial charge in [0.1, 0.15) is 4.21 Å². The monoisotopic (exact) mass is 234 g/mol. The Kier molecular flexibility index (Phi) is 3.65. The molecule has 1 rings (SSSR count). The van der Waals surface area contributed by atoms with Crippen molar-refractivity contribution in [2.75, 3.05) is 6.54 Å². The summed E-state index contributed by atoms with van der Waals surface area (Å²) in [5.41, 5.74) is 5.34. The molecule has 3 N–H and O–H groups in total. The Morgan fingerprint density at radius 1 is 1.57 bits per heavy atom. The third-order valence-corrected chi connectivity index (χ3v) is 4.77. The summed E-state index contributed by atoms with van der Waals surface area (Å²) in [4.78, 5) is 0.978. The first-order valence-corrected chi connectivity index (χ1v) is 6.54. The van der Waals surface area contributed by atoms with Crippen LogP contribution in [-0.4, -0.2) is 21.0 Å². The van der Waals surface area contributed by atoms with Crippen LogP contribution in [0.15, 0.2) is 16.3 Å². The molecule has 1 heterocycles. The largest absolute Gasteiger partial charge is 0.329 e. The molecule has 4 nitrogen and oxygen atoms in total. The van der Waals surface area contributed by atoms with Gasteiger partial charge in [-0.1, -0.05) is 0 Å². The van der Waals surface area contributed by atoms with E-state index < -0.39 is 10.0 Å². The van der Waals surface area contributed by atoms with Crippen molar-refractivity contribution in [3.63, 3.8) is 0 Å². The fourth-order valence-electron chi connectivity index (χ4n) is 0.928. The number of hydrogen-bond acceptors (Lipinski definition) is 4. The van der Waals surface area contributed by atoms with Crippen molar-refractivity contribution in [2.45, 2.75) is 24.1 Å². The highest BCUT2D eigenvalue weighted by Gasteiger charge is 2.17. The summed E-state index contributed by atoms with van der Waals surface area (Å²) < 4.78 is 26.2. The molecule has 0 aliphatic heterocycles. The second-order valence-electron chi connectivity index (χ2n) is 3.12. The van der Waals surface area contributed by atoms with E-state index in [0.29, 0.717) is 10.8 Å². The van der Waals surface area contributed by atoms with Crippen molar-refractivity contribution in [3.8, 4) is 0 Å². The molecule has 0 fully saturated rings. The van der Waals surface area contributed by atoms with Crippen molar-refractivity contribution in [3.05, 3.63) is 17.0 Å². The summed E-state index contributed by atoms with van der Waals surface area (Å²) in [6.45, 7) is 3.90. The lowest BCUT2D eigenvalue weighted by molar-refractivity contribution is 0.564. The van der Waals surface area contributed by atoms with Crippen molar-refractivity contribution in [2.24, 2.45) is 5.73 Å². The van der Waals surface area contributed by atoms with Crippen molar-refractivity contribution < 1.29 is 8.42 Å². The van der Waals surface area contributed by atoms with Crippen molar-refractivity contribution in [1.29, 1.82) is 0 Å². The fraction of sp³-hybridized carbons (Fsp3) is 0.500. The first-order chi connectivity index (χ1) is 6.45. The molecule has 1 aromatic heterocycles. The van der Waals surface area contributed by atoms with Crippen LogP contribution < -0.4 is 10.5 Å². The third kappa shape index (κ3) is 2.78. The quantitative estimate of drug-likeness (QED) is 0.804. The molecule has 0 aromatic carbocycles. The molecule has 0 aliphatic carbocycles. The van der Waals surface area contributed by atoms with Crippen LogP contribution in [0.1, 0.15) is 11.8 Å². The molecular formula is C8H14N2O2S2. The van der Waals surface area contributed by atoms with Crippen LogP contribution in [0.4, 0.5) is 0 Å². The molecule has 14 heavy (non-hydrogen) atoms. The van der Waals surface area contributed by atoms with Crippen LogP contribution >= 0.6 is 11.3 Å². The van der Waals surface area contributed by atoms with E-state index in [9.17, 15) is 8.42 Å². The lowest BCUT2D eigenvalue weighted by Crippen LogP contribution is -2.37. The van der Waals surface area contributed by atoms with Gasteiger partial charge in [-0.25, -0.2) is 13.1 Å². The Morgan fingerprint density at radius 3 is 2.64 bits per heavy atom. The van der Waals surface area contributed by atoms with E-state index in [1.54, 1.807) is 19.1 Å². The first kappa shape index (κ1) is 11.6. The minimum atomic E-state index is -3.36. The van der Waals surface area contributed by atoms with Crippen molar-refractivity contribution >= 4 is 21.4 Å². The summed E-state index contributed by atoms with van der Waals surface area (Å²) in [5.74, 6) is 0. The van der Waals surface area contributed by atoms with Crippen LogP contribution in [0.25, 0.3) is 0 Å². The maximum Gasteiger partial charge on any atom is 0.250 e. The Bertz CT molecular complexity index is 397. The molecule has 1 aromatic rings. The zero-order valence-corrected chi connectivity index (χ0v) is 9.78. The zero-order chi connectivity index (χ0) is 10.8. The minimum Gasteiger partial charge on any atom is -0.329 e. The molecule has 80 valence electrons. The summed E-state index contributed by atoms with van der Waals surface area (Å²) in [5, 5.41) is 0. The molecule has 0 amide bonds. The number of nitrogens with one attached hydrogen (secondary N) is 1. The Labute approximate surface area is 88.2 Å². The Balaban J connectivity index is 2.86. The number of sulfonamides is 1. The minimum absolute atomic E-state index is 0.234.